The van der Waals surface area contributed by atoms with Gasteiger partial charge in [-0.2, -0.15) is 4.57 Å². The Labute approximate surface area is 114 Å². The van der Waals surface area contributed by atoms with Crippen molar-refractivity contribution in [1.29, 1.82) is 0 Å². The molecule has 0 spiro atoms. The van der Waals surface area contributed by atoms with E-state index in [1.807, 2.05) is 17.8 Å². The number of carbonyl (C=O) groups is 2. The second kappa shape index (κ2) is 8.79. The minimum Gasteiger partial charge on any atom is -0.277 e. The highest BCUT2D eigenvalue weighted by atomic mass is 16.2. The van der Waals surface area contributed by atoms with Crippen LogP contribution in [0.2, 0.25) is 0 Å². The van der Waals surface area contributed by atoms with E-state index >= 15 is 0 Å². The van der Waals surface area contributed by atoms with Gasteiger partial charge in [0.05, 0.1) is 7.05 Å². The first-order valence-electron chi connectivity index (χ1n) is 5.03. The van der Waals surface area contributed by atoms with Crippen molar-refractivity contribution >= 4 is 11.8 Å². The number of hydrogen-bond donors (Lipinski definition) is 0. The van der Waals surface area contributed by atoms with Crippen LogP contribution in [0.3, 0.4) is 0 Å². The van der Waals surface area contributed by atoms with E-state index in [-0.39, 0.29) is 26.7 Å². The highest BCUT2D eigenvalue weighted by Crippen LogP contribution is 1.82. The van der Waals surface area contributed by atoms with Crippen molar-refractivity contribution in [2.45, 2.75) is 28.7 Å². The smallest absolute Gasteiger partial charge is 0.277 e. The largest absolute Gasteiger partial charge is 0.310 e. The predicted molar refractivity (Wildman–Crippen MR) is 73.9 cm³/mol. The Morgan fingerprint density at radius 3 is 1.84 bits per heavy atom. The first-order valence-corrected chi connectivity index (χ1v) is 5.03. The predicted octanol–water partition coefficient (Wildman–Crippen LogP) is 1.79. The van der Waals surface area contributed by atoms with Crippen molar-refractivity contribution in [2.24, 2.45) is 7.05 Å². The molecule has 0 bridgehead atoms. The highest BCUT2D eigenvalue weighted by Gasteiger charge is 2.02. The van der Waals surface area contributed by atoms with Crippen LogP contribution in [-0.4, -0.2) is 25.9 Å². The van der Waals surface area contributed by atoms with Crippen LogP contribution in [0, 0.1) is 0 Å². The van der Waals surface area contributed by atoms with Crippen LogP contribution in [0.5, 0.6) is 0 Å². The van der Waals surface area contributed by atoms with Gasteiger partial charge in [0.2, 0.25) is 5.91 Å². The monoisotopic (exact) mass is 267 g/mol. The molecule has 0 saturated carbocycles. The molecule has 0 radical (unpaired) electrons. The molecule has 2 aromatic heterocycles. The minimum absolute atomic E-state index is 0. The second-order valence-corrected chi connectivity index (χ2v) is 3.49. The fourth-order valence-electron chi connectivity index (χ4n) is 1.08. The fourth-order valence-corrected chi connectivity index (χ4v) is 1.08. The molecule has 19 heavy (non-hydrogen) atoms. The van der Waals surface area contributed by atoms with E-state index in [0.717, 1.165) is 0 Å². The van der Waals surface area contributed by atoms with Gasteiger partial charge in [0.25, 0.3) is 6.33 Å². The van der Waals surface area contributed by atoms with Crippen molar-refractivity contribution < 1.29 is 14.2 Å². The van der Waals surface area contributed by atoms with Gasteiger partial charge in [-0.05, 0) is 0 Å². The quantitative estimate of drug-likeness (QED) is 0.684. The Hall–Kier alpha value is -2.24. The summed E-state index contributed by atoms with van der Waals surface area (Å²) < 4.78 is 4.77. The zero-order valence-corrected chi connectivity index (χ0v) is 10.1. The summed E-state index contributed by atoms with van der Waals surface area (Å²) in [4.78, 5) is 24.7. The topological polar surface area (TPSA) is 60.8 Å². The fraction of sp³-hybridized carbons (Fsp3) is 0.385. The summed E-state index contributed by atoms with van der Waals surface area (Å²) in [7, 11) is 1.87. The van der Waals surface area contributed by atoms with E-state index in [0.29, 0.717) is 0 Å². The molecule has 0 amide bonds. The zero-order chi connectivity index (χ0) is 12.8. The molecule has 0 aliphatic heterocycles. The molecule has 2 heterocycles. The van der Waals surface area contributed by atoms with Crippen LogP contribution < -0.4 is 4.57 Å². The van der Waals surface area contributed by atoms with Gasteiger partial charge in [-0.25, -0.2) is 14.3 Å². The highest BCUT2D eigenvalue weighted by molar-refractivity contribution is 5.75. The molecule has 106 valence electrons. The molecule has 2 rings (SSSR count). The maximum absolute atomic E-state index is 10.6. The van der Waals surface area contributed by atoms with Crippen LogP contribution in [0.25, 0.3) is 0 Å². The Balaban J connectivity index is 0. The van der Waals surface area contributed by atoms with Crippen molar-refractivity contribution in [2.75, 3.05) is 0 Å². The van der Waals surface area contributed by atoms with Crippen LogP contribution in [0.1, 0.15) is 38.3 Å². The normalized spacial score (nSPS) is 8.37. The van der Waals surface area contributed by atoms with Gasteiger partial charge < -0.3 is 0 Å². The molecule has 6 heteroatoms. The van der Waals surface area contributed by atoms with Crippen molar-refractivity contribution in [1.82, 2.24) is 14.1 Å². The molecule has 0 unspecified atom stereocenters. The molecule has 0 atom stereocenters. The molecule has 0 aliphatic carbocycles. The van der Waals surface area contributed by atoms with Gasteiger partial charge in [-0.15, -0.1) is 0 Å². The molecular formula is C13H23N4O2+. The zero-order valence-electron chi connectivity index (χ0n) is 10.1. The third-order valence-corrected chi connectivity index (χ3v) is 2.00. The maximum atomic E-state index is 10.6. The second-order valence-electron chi connectivity index (χ2n) is 3.49. The number of carbonyl (C=O) groups excluding carboxylic acids is 2. The number of hydrogen-bond acceptors (Lipinski definition) is 3. The number of imidazole rings is 2. The average Bonchev–Trinajstić information content (AvgIpc) is 2.87. The third kappa shape index (κ3) is 6.30. The summed E-state index contributed by atoms with van der Waals surface area (Å²) >= 11 is 0. The molecule has 6 nitrogen and oxygen atoms in total. The molecular weight excluding hydrogens is 244 g/mol. The summed E-state index contributed by atoms with van der Waals surface area (Å²) in [5.41, 5.74) is 0. The lowest BCUT2D eigenvalue weighted by Gasteiger charge is -1.87. The van der Waals surface area contributed by atoms with Crippen molar-refractivity contribution in [3.05, 3.63) is 37.4 Å². The molecule has 0 aliphatic rings. The standard InChI is InChI=1S/C6H9N2O.C5H6N2O.2CH4/c1-6(9)8-4-3-7(2)5-8;1-5(8)7-3-2-6-4-7;;/h3-5H,1-2H3;2-4H,1H3;2*1H4/q+1;;;. The third-order valence-electron chi connectivity index (χ3n) is 2.00. The van der Waals surface area contributed by atoms with E-state index in [1.165, 1.54) is 29.3 Å². The van der Waals surface area contributed by atoms with E-state index in [1.54, 1.807) is 24.9 Å². The van der Waals surface area contributed by atoms with Gasteiger partial charge in [0, 0.05) is 26.2 Å². The van der Waals surface area contributed by atoms with Crippen molar-refractivity contribution in [3.8, 4) is 0 Å². The number of rotatable bonds is 0. The van der Waals surface area contributed by atoms with Crippen molar-refractivity contribution in [3.63, 3.8) is 0 Å². The summed E-state index contributed by atoms with van der Waals surface area (Å²) in [5, 5.41) is 0. The van der Waals surface area contributed by atoms with Crippen LogP contribution >= 0.6 is 0 Å². The molecule has 0 aromatic carbocycles. The first-order chi connectivity index (χ1) is 8.00. The molecule has 2 aromatic rings. The Kier molecular flexibility index (Phi) is 8.84. The SMILES string of the molecule is C.C.CC(=O)n1cc[n+](C)c1.CC(=O)n1ccnc1. The Morgan fingerprint density at radius 1 is 1.05 bits per heavy atom. The van der Waals surface area contributed by atoms with E-state index in [4.69, 9.17) is 0 Å². The first kappa shape index (κ1) is 19.1. The lowest BCUT2D eigenvalue weighted by atomic mass is 10.7. The summed E-state index contributed by atoms with van der Waals surface area (Å²) in [6.07, 6.45) is 9.93. The number of aryl methyl sites for hydroxylation is 1. The van der Waals surface area contributed by atoms with Gasteiger partial charge >= 0.3 is 5.91 Å². The minimum atomic E-state index is -0.0116. The van der Waals surface area contributed by atoms with Crippen LogP contribution in [0.4, 0.5) is 0 Å². The molecule has 0 N–H and O–H groups in total. The number of aromatic nitrogens is 4. The summed E-state index contributed by atoms with van der Waals surface area (Å²) in [6.45, 7) is 3.02. The summed E-state index contributed by atoms with van der Waals surface area (Å²) in [5.74, 6) is 0.0260. The number of nitrogens with zero attached hydrogens (tertiary/aromatic N) is 4. The van der Waals surface area contributed by atoms with Gasteiger partial charge in [-0.1, -0.05) is 14.9 Å². The molecule has 0 fully saturated rings. The van der Waals surface area contributed by atoms with Gasteiger partial charge in [0.1, 0.15) is 18.7 Å². The van der Waals surface area contributed by atoms with Gasteiger partial charge in [0.15, 0.2) is 0 Å². The Bertz CT molecular complexity index is 500. The molecule has 0 saturated heterocycles. The Morgan fingerprint density at radius 2 is 1.63 bits per heavy atom. The van der Waals surface area contributed by atoms with E-state index in [9.17, 15) is 9.59 Å². The average molecular weight is 267 g/mol. The van der Waals surface area contributed by atoms with Crippen LogP contribution in [-0.2, 0) is 7.05 Å². The van der Waals surface area contributed by atoms with Crippen LogP contribution in [0.15, 0.2) is 37.4 Å². The maximum Gasteiger partial charge on any atom is 0.310 e. The van der Waals surface area contributed by atoms with E-state index in [2.05, 4.69) is 4.98 Å². The van der Waals surface area contributed by atoms with E-state index < -0.39 is 0 Å². The lowest BCUT2D eigenvalue weighted by molar-refractivity contribution is -0.670. The van der Waals surface area contributed by atoms with Gasteiger partial charge in [-0.3, -0.25) is 9.36 Å². The lowest BCUT2D eigenvalue weighted by Crippen LogP contribution is -2.24. The summed E-state index contributed by atoms with van der Waals surface area (Å²) in [6, 6.07) is 0.